The number of likely N-dealkylation sites (tertiary alicyclic amines) is 1. The van der Waals surface area contributed by atoms with Crippen LogP contribution in [0.5, 0.6) is 0 Å². The topological polar surface area (TPSA) is 52.6 Å². The minimum absolute atomic E-state index is 0.0798. The maximum atomic E-state index is 13.2. The molecule has 2 N–H and O–H groups in total. The molecule has 6 heteroatoms. The van der Waals surface area contributed by atoms with Gasteiger partial charge in [0.25, 0.3) is 0 Å². The average molecular weight is 391 g/mol. The summed E-state index contributed by atoms with van der Waals surface area (Å²) >= 11 is 12.3. The summed E-state index contributed by atoms with van der Waals surface area (Å²) in [5.74, 6) is -0.0798. The Morgan fingerprint density at radius 1 is 1.19 bits per heavy atom. The van der Waals surface area contributed by atoms with Gasteiger partial charge in [-0.15, -0.1) is 0 Å². The standard InChI is InChI=1S/C20H20Cl2N2O2/c21-14-4-1-3-13(9-14)11-20(24-8-2-5-16(25)12-24)17-7-6-15(22)10-18(17)23-19(20)26/h1,3-4,6-7,9-10,16,25H,2,5,8,11-12H2,(H,23,26). The number of nitrogens with one attached hydrogen (secondary N) is 1. The lowest BCUT2D eigenvalue weighted by atomic mass is 9.81. The van der Waals surface area contributed by atoms with Crippen LogP contribution >= 0.6 is 23.2 Å². The van der Waals surface area contributed by atoms with E-state index < -0.39 is 11.6 Å². The Bertz CT molecular complexity index is 857. The van der Waals surface area contributed by atoms with Crippen molar-refractivity contribution in [2.45, 2.75) is 30.9 Å². The van der Waals surface area contributed by atoms with Crippen LogP contribution in [0.3, 0.4) is 0 Å². The molecule has 4 rings (SSSR count). The number of benzene rings is 2. The van der Waals surface area contributed by atoms with E-state index in [1.807, 2.05) is 36.4 Å². The molecule has 26 heavy (non-hydrogen) atoms. The number of amides is 1. The van der Waals surface area contributed by atoms with Gasteiger partial charge >= 0.3 is 0 Å². The number of carbonyl (C=O) groups excluding carboxylic acids is 1. The Hall–Kier alpha value is -1.59. The molecule has 2 aliphatic heterocycles. The van der Waals surface area contributed by atoms with Crippen molar-refractivity contribution in [3.8, 4) is 0 Å². The summed E-state index contributed by atoms with van der Waals surface area (Å²) < 4.78 is 0. The highest BCUT2D eigenvalue weighted by Crippen LogP contribution is 2.45. The number of aliphatic hydroxyl groups excluding tert-OH is 1. The third kappa shape index (κ3) is 3.01. The molecule has 4 nitrogen and oxygen atoms in total. The zero-order valence-corrected chi connectivity index (χ0v) is 15.7. The third-order valence-corrected chi connectivity index (χ3v) is 5.81. The van der Waals surface area contributed by atoms with E-state index in [4.69, 9.17) is 23.2 Å². The zero-order chi connectivity index (χ0) is 18.3. The number of anilines is 1. The average Bonchev–Trinajstić information content (AvgIpc) is 2.87. The van der Waals surface area contributed by atoms with Crippen LogP contribution in [0.2, 0.25) is 10.0 Å². The number of rotatable bonds is 3. The maximum absolute atomic E-state index is 13.2. The second-order valence-corrected chi connectivity index (χ2v) is 7.93. The Balaban J connectivity index is 1.84. The number of halogens is 2. The van der Waals surface area contributed by atoms with Crippen molar-refractivity contribution in [2.24, 2.45) is 0 Å². The zero-order valence-electron chi connectivity index (χ0n) is 14.2. The minimum atomic E-state index is -0.869. The van der Waals surface area contributed by atoms with Crippen molar-refractivity contribution < 1.29 is 9.90 Å². The fourth-order valence-corrected chi connectivity index (χ4v) is 4.56. The quantitative estimate of drug-likeness (QED) is 0.836. The van der Waals surface area contributed by atoms with E-state index in [1.54, 1.807) is 6.07 Å². The molecule has 0 bridgehead atoms. The highest BCUT2D eigenvalue weighted by molar-refractivity contribution is 6.31. The number of hydrogen-bond acceptors (Lipinski definition) is 3. The summed E-state index contributed by atoms with van der Waals surface area (Å²) in [4.78, 5) is 15.4. The number of fused-ring (bicyclic) bond motifs is 1. The first-order valence-electron chi connectivity index (χ1n) is 8.78. The van der Waals surface area contributed by atoms with E-state index in [2.05, 4.69) is 10.2 Å². The third-order valence-electron chi connectivity index (χ3n) is 5.34. The van der Waals surface area contributed by atoms with Gasteiger partial charge in [0.2, 0.25) is 5.91 Å². The molecule has 0 saturated carbocycles. The highest BCUT2D eigenvalue weighted by Gasteiger charge is 2.52. The smallest absolute Gasteiger partial charge is 0.249 e. The molecule has 1 amide bonds. The molecule has 0 aromatic heterocycles. The predicted molar refractivity (Wildman–Crippen MR) is 104 cm³/mol. The lowest BCUT2D eigenvalue weighted by Crippen LogP contribution is -2.56. The van der Waals surface area contributed by atoms with Crippen molar-refractivity contribution in [1.82, 2.24) is 4.90 Å². The lowest BCUT2D eigenvalue weighted by molar-refractivity contribution is -0.130. The molecule has 2 aromatic carbocycles. The molecule has 2 unspecified atom stereocenters. The van der Waals surface area contributed by atoms with Crippen molar-refractivity contribution >= 4 is 34.8 Å². The van der Waals surface area contributed by atoms with Gasteiger partial charge in [0.05, 0.1) is 6.10 Å². The Labute approximate surface area is 162 Å². The van der Waals surface area contributed by atoms with Crippen molar-refractivity contribution in [3.05, 3.63) is 63.6 Å². The summed E-state index contributed by atoms with van der Waals surface area (Å²) in [6.07, 6.45) is 1.68. The van der Waals surface area contributed by atoms with Crippen LogP contribution in [0.1, 0.15) is 24.0 Å². The van der Waals surface area contributed by atoms with Crippen LogP contribution in [0.25, 0.3) is 0 Å². The number of nitrogens with zero attached hydrogens (tertiary/aromatic N) is 1. The van der Waals surface area contributed by atoms with Crippen LogP contribution in [0.15, 0.2) is 42.5 Å². The number of aliphatic hydroxyl groups is 1. The van der Waals surface area contributed by atoms with Gasteiger partial charge in [0.1, 0.15) is 5.54 Å². The van der Waals surface area contributed by atoms with Gasteiger partial charge in [-0.2, -0.15) is 0 Å². The van der Waals surface area contributed by atoms with E-state index in [0.29, 0.717) is 23.0 Å². The summed E-state index contributed by atoms with van der Waals surface area (Å²) in [6, 6.07) is 13.1. The molecule has 2 aromatic rings. The van der Waals surface area contributed by atoms with Crippen LogP contribution in [0, 0.1) is 0 Å². The van der Waals surface area contributed by atoms with Gasteiger partial charge in [0.15, 0.2) is 0 Å². The van der Waals surface area contributed by atoms with Crippen molar-refractivity contribution in [2.75, 3.05) is 18.4 Å². The SMILES string of the molecule is O=C1Nc2cc(Cl)ccc2C1(Cc1cccc(Cl)c1)N1CCCC(O)C1. The molecule has 2 aliphatic rings. The Kier molecular flexibility index (Phi) is 4.70. The normalized spacial score (nSPS) is 25.8. The molecule has 2 heterocycles. The monoisotopic (exact) mass is 390 g/mol. The predicted octanol–water partition coefficient (Wildman–Crippen LogP) is 3.84. The van der Waals surface area contributed by atoms with Gasteiger partial charge in [-0.1, -0.05) is 41.4 Å². The number of hydrogen-bond donors (Lipinski definition) is 2. The molecule has 2 atom stereocenters. The Morgan fingerprint density at radius 2 is 2.00 bits per heavy atom. The maximum Gasteiger partial charge on any atom is 0.249 e. The molecular formula is C20H20Cl2N2O2. The second kappa shape index (κ2) is 6.86. The van der Waals surface area contributed by atoms with E-state index in [-0.39, 0.29) is 5.91 Å². The van der Waals surface area contributed by atoms with Gasteiger partial charge < -0.3 is 10.4 Å². The van der Waals surface area contributed by atoms with E-state index in [0.717, 1.165) is 36.2 Å². The first kappa shape index (κ1) is 17.8. The highest BCUT2D eigenvalue weighted by atomic mass is 35.5. The van der Waals surface area contributed by atoms with Crippen LogP contribution < -0.4 is 5.32 Å². The van der Waals surface area contributed by atoms with E-state index in [9.17, 15) is 9.90 Å². The van der Waals surface area contributed by atoms with Gasteiger partial charge in [0, 0.05) is 34.3 Å². The van der Waals surface area contributed by atoms with Crippen LogP contribution in [-0.2, 0) is 16.8 Å². The molecular weight excluding hydrogens is 371 g/mol. The Morgan fingerprint density at radius 3 is 2.77 bits per heavy atom. The van der Waals surface area contributed by atoms with Gasteiger partial charge in [-0.3, -0.25) is 9.69 Å². The first-order chi connectivity index (χ1) is 12.5. The molecule has 0 spiro atoms. The molecule has 136 valence electrons. The van der Waals surface area contributed by atoms with Crippen molar-refractivity contribution in [3.63, 3.8) is 0 Å². The fourth-order valence-electron chi connectivity index (χ4n) is 4.17. The number of carbonyl (C=O) groups is 1. The summed E-state index contributed by atoms with van der Waals surface area (Å²) in [7, 11) is 0. The van der Waals surface area contributed by atoms with E-state index in [1.165, 1.54) is 0 Å². The van der Waals surface area contributed by atoms with Gasteiger partial charge in [-0.05, 0) is 49.2 Å². The van der Waals surface area contributed by atoms with Crippen molar-refractivity contribution in [1.29, 1.82) is 0 Å². The minimum Gasteiger partial charge on any atom is -0.392 e. The van der Waals surface area contributed by atoms with Crippen LogP contribution in [-0.4, -0.2) is 35.1 Å². The molecule has 1 fully saturated rings. The number of β-amino-alcohol motifs (C(OH)–C–C–N with tert-alkyl or cyclic N) is 1. The largest absolute Gasteiger partial charge is 0.392 e. The first-order valence-corrected chi connectivity index (χ1v) is 9.54. The molecule has 0 radical (unpaired) electrons. The number of piperidine rings is 1. The fraction of sp³-hybridized carbons (Fsp3) is 0.350. The van der Waals surface area contributed by atoms with E-state index >= 15 is 0 Å². The second-order valence-electron chi connectivity index (χ2n) is 7.05. The lowest BCUT2D eigenvalue weighted by Gasteiger charge is -2.43. The summed E-state index contributed by atoms with van der Waals surface area (Å²) in [5.41, 5.74) is 1.76. The summed E-state index contributed by atoms with van der Waals surface area (Å²) in [6.45, 7) is 1.23. The van der Waals surface area contributed by atoms with Gasteiger partial charge in [-0.25, -0.2) is 0 Å². The van der Waals surface area contributed by atoms with Crippen LogP contribution in [0.4, 0.5) is 5.69 Å². The molecule has 1 saturated heterocycles. The summed E-state index contributed by atoms with van der Waals surface area (Å²) in [5, 5.41) is 14.5. The molecule has 0 aliphatic carbocycles.